The Morgan fingerprint density at radius 2 is 1.62 bits per heavy atom. The Hall–Kier alpha value is -2.34. The van der Waals surface area contributed by atoms with Crippen molar-refractivity contribution in [3.05, 3.63) is 60.2 Å². The van der Waals surface area contributed by atoms with E-state index in [9.17, 15) is 13.2 Å². The average Bonchev–Trinajstić information content (AvgIpc) is 2.46. The third kappa shape index (κ3) is 4.32. The lowest BCUT2D eigenvalue weighted by Gasteiger charge is -2.07. The molecule has 2 rings (SSSR count). The molecule has 110 valence electrons. The third-order valence-corrected chi connectivity index (χ3v) is 4.48. The number of aromatic hydroxyl groups is 1. The second-order valence-electron chi connectivity index (χ2n) is 4.52. The van der Waals surface area contributed by atoms with Gasteiger partial charge in [0.25, 0.3) is 0 Å². The van der Waals surface area contributed by atoms with Crippen molar-refractivity contribution < 1.29 is 18.3 Å². The zero-order valence-corrected chi connectivity index (χ0v) is 12.0. The van der Waals surface area contributed by atoms with Gasteiger partial charge in [0.15, 0.2) is 9.84 Å². The van der Waals surface area contributed by atoms with Gasteiger partial charge in [0.1, 0.15) is 11.5 Å². The summed E-state index contributed by atoms with van der Waals surface area (Å²) >= 11 is 0. The molecule has 0 unspecified atom stereocenters. The number of carbonyl (C=O) groups is 1. The van der Waals surface area contributed by atoms with Gasteiger partial charge in [-0.3, -0.25) is 4.79 Å². The molecule has 0 atom stereocenters. The van der Waals surface area contributed by atoms with E-state index in [0.29, 0.717) is 0 Å². The van der Waals surface area contributed by atoms with Gasteiger partial charge in [-0.05, 0) is 29.8 Å². The van der Waals surface area contributed by atoms with Gasteiger partial charge in [0.2, 0.25) is 5.91 Å². The van der Waals surface area contributed by atoms with Crippen LogP contribution >= 0.6 is 0 Å². The van der Waals surface area contributed by atoms with Crippen LogP contribution in [0.15, 0.2) is 59.5 Å². The zero-order valence-electron chi connectivity index (χ0n) is 11.2. The molecule has 0 fully saturated rings. The van der Waals surface area contributed by atoms with Gasteiger partial charge in [-0.1, -0.05) is 30.3 Å². The Kier molecular flexibility index (Phi) is 4.59. The second-order valence-corrected chi connectivity index (χ2v) is 6.50. The fourth-order valence-corrected chi connectivity index (χ4v) is 2.92. The van der Waals surface area contributed by atoms with E-state index in [1.807, 2.05) is 30.3 Å². The highest BCUT2D eigenvalue weighted by Crippen LogP contribution is 2.15. The monoisotopic (exact) mass is 305 g/mol. The van der Waals surface area contributed by atoms with Gasteiger partial charge in [0.05, 0.1) is 4.90 Å². The topological polar surface area (TPSA) is 83.5 Å². The van der Waals surface area contributed by atoms with E-state index in [1.54, 1.807) is 0 Å². The first-order valence-electron chi connectivity index (χ1n) is 6.30. The van der Waals surface area contributed by atoms with Crippen molar-refractivity contribution in [1.82, 2.24) is 5.32 Å². The Morgan fingerprint density at radius 1 is 1.00 bits per heavy atom. The van der Waals surface area contributed by atoms with Crippen LogP contribution in [-0.4, -0.2) is 25.2 Å². The second kappa shape index (κ2) is 6.41. The molecule has 0 bridgehead atoms. The van der Waals surface area contributed by atoms with Crippen molar-refractivity contribution in [3.63, 3.8) is 0 Å². The van der Waals surface area contributed by atoms with Gasteiger partial charge in [-0.2, -0.15) is 0 Å². The molecule has 0 saturated carbocycles. The highest BCUT2D eigenvalue weighted by Gasteiger charge is 2.19. The molecule has 1 amide bonds. The van der Waals surface area contributed by atoms with E-state index in [2.05, 4.69) is 5.32 Å². The highest BCUT2D eigenvalue weighted by atomic mass is 32.2. The predicted octanol–water partition coefficient (Wildman–Crippen LogP) is 1.48. The molecule has 0 aliphatic rings. The van der Waals surface area contributed by atoms with Crippen LogP contribution in [0, 0.1) is 0 Å². The lowest BCUT2D eigenvalue weighted by atomic mass is 10.2. The molecular formula is C15H15NO4S. The first kappa shape index (κ1) is 15.1. The van der Waals surface area contributed by atoms with E-state index < -0.39 is 21.5 Å². The lowest BCUT2D eigenvalue weighted by Crippen LogP contribution is -2.29. The van der Waals surface area contributed by atoms with Gasteiger partial charge >= 0.3 is 0 Å². The molecule has 0 spiro atoms. The number of sulfone groups is 1. The number of carbonyl (C=O) groups excluding carboxylic acids is 1. The molecule has 5 nitrogen and oxygen atoms in total. The SMILES string of the molecule is O=C(CS(=O)(=O)c1ccc(O)cc1)NCc1ccccc1. The van der Waals surface area contributed by atoms with Crippen LogP contribution < -0.4 is 5.32 Å². The minimum absolute atomic E-state index is 0.00941. The molecule has 21 heavy (non-hydrogen) atoms. The van der Waals surface area contributed by atoms with Crippen molar-refractivity contribution in [2.75, 3.05) is 5.75 Å². The molecule has 2 N–H and O–H groups in total. The molecule has 0 aliphatic carbocycles. The number of hydrogen-bond acceptors (Lipinski definition) is 4. The summed E-state index contributed by atoms with van der Waals surface area (Å²) in [7, 11) is -3.70. The van der Waals surface area contributed by atoms with Crippen LogP contribution in [0.25, 0.3) is 0 Å². The minimum Gasteiger partial charge on any atom is -0.508 e. The largest absolute Gasteiger partial charge is 0.508 e. The van der Waals surface area contributed by atoms with Gasteiger partial charge in [-0.25, -0.2) is 8.42 Å². The molecular weight excluding hydrogens is 290 g/mol. The summed E-state index contributed by atoms with van der Waals surface area (Å²) in [5, 5.41) is 11.7. The van der Waals surface area contributed by atoms with Gasteiger partial charge < -0.3 is 10.4 Å². The maximum absolute atomic E-state index is 12.0. The molecule has 0 radical (unpaired) electrons. The Balaban J connectivity index is 1.97. The van der Waals surface area contributed by atoms with Gasteiger partial charge in [0, 0.05) is 6.54 Å². The summed E-state index contributed by atoms with van der Waals surface area (Å²) in [6, 6.07) is 14.3. The van der Waals surface area contributed by atoms with Crippen LogP contribution in [0.1, 0.15) is 5.56 Å². The van der Waals surface area contributed by atoms with Crippen LogP contribution in [0.4, 0.5) is 0 Å². The van der Waals surface area contributed by atoms with Crippen LogP contribution in [0.5, 0.6) is 5.75 Å². The summed E-state index contributed by atoms with van der Waals surface area (Å²) in [5.74, 6) is -1.21. The molecule has 2 aromatic rings. The normalized spacial score (nSPS) is 11.0. The van der Waals surface area contributed by atoms with E-state index in [-0.39, 0.29) is 17.2 Å². The Labute approximate surface area is 123 Å². The van der Waals surface area contributed by atoms with Crippen molar-refractivity contribution >= 4 is 15.7 Å². The molecule has 0 aliphatic heterocycles. The number of phenolic OH excluding ortho intramolecular Hbond substituents is 1. The maximum Gasteiger partial charge on any atom is 0.235 e. The smallest absolute Gasteiger partial charge is 0.235 e. The fourth-order valence-electron chi connectivity index (χ4n) is 1.76. The zero-order chi connectivity index (χ0) is 15.3. The van der Waals surface area contributed by atoms with Crippen molar-refractivity contribution in [2.24, 2.45) is 0 Å². The third-order valence-electron chi connectivity index (χ3n) is 2.85. The number of nitrogens with one attached hydrogen (secondary N) is 1. The summed E-state index contributed by atoms with van der Waals surface area (Å²) in [6.45, 7) is 0.283. The minimum atomic E-state index is -3.70. The van der Waals surface area contributed by atoms with Crippen molar-refractivity contribution in [1.29, 1.82) is 0 Å². The molecule has 0 aromatic heterocycles. The van der Waals surface area contributed by atoms with Crippen LogP contribution in [0.2, 0.25) is 0 Å². The molecule has 2 aromatic carbocycles. The Morgan fingerprint density at radius 3 is 2.24 bits per heavy atom. The molecule has 0 saturated heterocycles. The standard InChI is InChI=1S/C15H15NO4S/c17-13-6-8-14(9-7-13)21(19,20)11-15(18)16-10-12-4-2-1-3-5-12/h1-9,17H,10-11H2,(H,16,18). The first-order chi connectivity index (χ1) is 9.97. The summed E-state index contributed by atoms with van der Waals surface area (Å²) in [5.41, 5.74) is 0.896. The van der Waals surface area contributed by atoms with Crippen molar-refractivity contribution in [3.8, 4) is 5.75 Å². The average molecular weight is 305 g/mol. The van der Waals surface area contributed by atoms with E-state index in [1.165, 1.54) is 24.3 Å². The summed E-state index contributed by atoms with van der Waals surface area (Å²) in [6.07, 6.45) is 0. The summed E-state index contributed by atoms with van der Waals surface area (Å²) in [4.78, 5) is 11.7. The number of hydrogen-bond donors (Lipinski definition) is 2. The van der Waals surface area contributed by atoms with E-state index in [0.717, 1.165) is 5.56 Å². The molecule has 6 heteroatoms. The predicted molar refractivity (Wildman–Crippen MR) is 78.4 cm³/mol. The number of rotatable bonds is 5. The number of amides is 1. The van der Waals surface area contributed by atoms with Crippen LogP contribution in [-0.2, 0) is 21.2 Å². The van der Waals surface area contributed by atoms with Crippen molar-refractivity contribution in [2.45, 2.75) is 11.4 Å². The summed E-state index contributed by atoms with van der Waals surface area (Å²) < 4.78 is 24.0. The number of phenols is 1. The highest BCUT2D eigenvalue weighted by molar-refractivity contribution is 7.92. The van der Waals surface area contributed by atoms with E-state index in [4.69, 9.17) is 5.11 Å². The quantitative estimate of drug-likeness (QED) is 0.876. The van der Waals surface area contributed by atoms with Crippen LogP contribution in [0.3, 0.4) is 0 Å². The fraction of sp³-hybridized carbons (Fsp3) is 0.133. The molecule has 0 heterocycles. The first-order valence-corrected chi connectivity index (χ1v) is 7.95. The lowest BCUT2D eigenvalue weighted by molar-refractivity contribution is -0.118. The Bertz CT molecular complexity index is 709. The van der Waals surface area contributed by atoms with Gasteiger partial charge in [-0.15, -0.1) is 0 Å². The number of benzene rings is 2. The van der Waals surface area contributed by atoms with E-state index >= 15 is 0 Å². The maximum atomic E-state index is 12.0.